The van der Waals surface area contributed by atoms with Crippen molar-refractivity contribution in [2.24, 2.45) is 0 Å². The number of rotatable bonds is 6. The largest absolute Gasteiger partial charge is 0.465 e. The summed E-state index contributed by atoms with van der Waals surface area (Å²) in [6.07, 6.45) is 0. The van der Waals surface area contributed by atoms with Crippen molar-refractivity contribution < 1.29 is 14.3 Å². The molecule has 5 aromatic rings. The van der Waals surface area contributed by atoms with E-state index in [-0.39, 0.29) is 5.91 Å². The van der Waals surface area contributed by atoms with Crippen molar-refractivity contribution in [3.05, 3.63) is 104 Å². The van der Waals surface area contributed by atoms with Crippen LogP contribution in [0, 0.1) is 0 Å². The Hall–Kier alpha value is -3.52. The molecule has 0 spiro atoms. The van der Waals surface area contributed by atoms with E-state index in [0.717, 1.165) is 15.6 Å². The molecule has 0 aliphatic rings. The zero-order valence-corrected chi connectivity index (χ0v) is 24.6. The molecule has 5 rings (SSSR count). The number of anilines is 1. The van der Waals surface area contributed by atoms with Crippen LogP contribution in [0.15, 0.2) is 82.6 Å². The quantitative estimate of drug-likeness (QED) is 0.192. The Morgan fingerprint density at radius 2 is 1.67 bits per heavy atom. The smallest absolute Gasteiger partial charge is 0.341 e. The molecule has 196 valence electrons. The number of amides is 1. The number of carbonyl (C=O) groups is 2. The number of ether oxygens (including phenoxy) is 1. The molecule has 0 unspecified atom stereocenters. The van der Waals surface area contributed by atoms with E-state index in [9.17, 15) is 9.59 Å². The second-order valence-electron chi connectivity index (χ2n) is 9.30. The lowest BCUT2D eigenvalue weighted by molar-refractivity contribution is 0.0603. The third-order valence-electron chi connectivity index (χ3n) is 6.45. The number of pyridine rings is 1. The molecular weight excluding hydrogens is 596 g/mol. The summed E-state index contributed by atoms with van der Waals surface area (Å²) in [7, 11) is 1.32. The summed E-state index contributed by atoms with van der Waals surface area (Å²) in [5.74, 6) is -0.477. The van der Waals surface area contributed by atoms with Gasteiger partial charge in [-0.15, -0.1) is 11.3 Å². The average Bonchev–Trinajstić information content (AvgIpc) is 3.35. The molecular formula is C31H24BrClN2O3S. The number of nitrogens with zero attached hydrogens (tertiary/aromatic N) is 1. The number of benzene rings is 3. The Morgan fingerprint density at radius 3 is 2.33 bits per heavy atom. The Labute approximate surface area is 243 Å². The average molecular weight is 620 g/mol. The van der Waals surface area contributed by atoms with E-state index in [4.69, 9.17) is 21.3 Å². The highest BCUT2D eigenvalue weighted by atomic mass is 79.9. The van der Waals surface area contributed by atoms with Crippen LogP contribution in [0.3, 0.4) is 0 Å². The highest BCUT2D eigenvalue weighted by molar-refractivity contribution is 9.10. The van der Waals surface area contributed by atoms with E-state index in [1.165, 1.54) is 24.0 Å². The molecule has 0 saturated heterocycles. The predicted molar refractivity (Wildman–Crippen MR) is 163 cm³/mol. The molecule has 0 bridgehead atoms. The number of carbonyl (C=O) groups excluding carboxylic acids is 2. The molecule has 5 nitrogen and oxygen atoms in total. The minimum atomic E-state index is -0.537. The van der Waals surface area contributed by atoms with Crippen molar-refractivity contribution >= 4 is 66.6 Å². The fourth-order valence-electron chi connectivity index (χ4n) is 4.34. The van der Waals surface area contributed by atoms with E-state index in [1.807, 2.05) is 47.8 Å². The zero-order valence-electron chi connectivity index (χ0n) is 21.4. The highest BCUT2D eigenvalue weighted by Crippen LogP contribution is 2.37. The van der Waals surface area contributed by atoms with Gasteiger partial charge in [0.15, 0.2) is 0 Å². The summed E-state index contributed by atoms with van der Waals surface area (Å²) in [5, 5.41) is 6.48. The first-order valence-corrected chi connectivity index (χ1v) is 14.3. The minimum absolute atomic E-state index is 0.294. The summed E-state index contributed by atoms with van der Waals surface area (Å²) >= 11 is 10.8. The molecule has 1 amide bonds. The van der Waals surface area contributed by atoms with Crippen molar-refractivity contribution in [1.29, 1.82) is 0 Å². The number of fused-ring (bicyclic) bond motifs is 1. The van der Waals surface area contributed by atoms with Crippen LogP contribution in [-0.4, -0.2) is 24.0 Å². The van der Waals surface area contributed by atoms with Crippen LogP contribution in [0.1, 0.15) is 46.0 Å². The third kappa shape index (κ3) is 5.62. The van der Waals surface area contributed by atoms with Gasteiger partial charge < -0.3 is 10.1 Å². The summed E-state index contributed by atoms with van der Waals surface area (Å²) in [4.78, 5) is 31.5. The number of hydrogen-bond donors (Lipinski definition) is 1. The first kappa shape index (κ1) is 27.1. The number of thiophene rings is 1. The zero-order chi connectivity index (χ0) is 27.7. The maximum Gasteiger partial charge on any atom is 0.341 e. The molecule has 0 saturated carbocycles. The lowest BCUT2D eigenvalue weighted by Gasteiger charge is -2.12. The Kier molecular flexibility index (Phi) is 7.84. The van der Waals surface area contributed by atoms with Crippen LogP contribution in [0.25, 0.3) is 33.3 Å². The van der Waals surface area contributed by atoms with Crippen LogP contribution in [0.2, 0.25) is 5.02 Å². The SMILES string of the molecule is COC(=O)c1c(-c2ccc(Cl)cc2)csc1NC(=O)c1cc(-c2ccc(C(C)C)cc2)nc2ccc(Br)cc12. The van der Waals surface area contributed by atoms with Crippen LogP contribution < -0.4 is 5.32 Å². The summed E-state index contributed by atoms with van der Waals surface area (Å²) in [6, 6.07) is 22.8. The van der Waals surface area contributed by atoms with Crippen LogP contribution >= 0.6 is 38.9 Å². The molecule has 0 aliphatic heterocycles. The van der Waals surface area contributed by atoms with Gasteiger partial charge in [0.25, 0.3) is 5.91 Å². The Bertz CT molecular complexity index is 1700. The summed E-state index contributed by atoms with van der Waals surface area (Å²) in [6.45, 7) is 4.30. The molecule has 8 heteroatoms. The van der Waals surface area contributed by atoms with Gasteiger partial charge in [0, 0.05) is 31.4 Å². The number of methoxy groups -OCH3 is 1. The molecule has 0 radical (unpaired) electrons. The van der Waals surface area contributed by atoms with Crippen LogP contribution in [0.5, 0.6) is 0 Å². The van der Waals surface area contributed by atoms with Gasteiger partial charge in [-0.2, -0.15) is 0 Å². The molecule has 39 heavy (non-hydrogen) atoms. The first-order chi connectivity index (χ1) is 18.7. The fraction of sp³-hybridized carbons (Fsp3) is 0.129. The maximum absolute atomic E-state index is 13.8. The van der Waals surface area contributed by atoms with E-state index < -0.39 is 5.97 Å². The lowest BCUT2D eigenvalue weighted by Crippen LogP contribution is -2.15. The normalized spacial score (nSPS) is 11.1. The minimum Gasteiger partial charge on any atom is -0.465 e. The van der Waals surface area contributed by atoms with Gasteiger partial charge in [0.05, 0.1) is 23.9 Å². The van der Waals surface area contributed by atoms with Crippen molar-refractivity contribution in [1.82, 2.24) is 4.98 Å². The fourth-order valence-corrected chi connectivity index (χ4v) is 5.78. The number of hydrogen-bond acceptors (Lipinski definition) is 5. The Balaban J connectivity index is 1.58. The maximum atomic E-state index is 13.8. The van der Waals surface area contributed by atoms with Gasteiger partial charge >= 0.3 is 5.97 Å². The monoisotopic (exact) mass is 618 g/mol. The molecule has 3 aromatic carbocycles. The number of nitrogens with one attached hydrogen (secondary N) is 1. The second kappa shape index (κ2) is 11.3. The molecule has 0 fully saturated rings. The van der Waals surface area contributed by atoms with Crippen molar-refractivity contribution in [2.75, 3.05) is 12.4 Å². The molecule has 2 heterocycles. The molecule has 1 N–H and O–H groups in total. The van der Waals surface area contributed by atoms with Gasteiger partial charge in [-0.05, 0) is 53.4 Å². The van der Waals surface area contributed by atoms with Gasteiger partial charge in [-0.1, -0.05) is 77.8 Å². The first-order valence-electron chi connectivity index (χ1n) is 12.2. The summed E-state index contributed by atoms with van der Waals surface area (Å²) < 4.78 is 5.90. The molecule has 2 aromatic heterocycles. The van der Waals surface area contributed by atoms with Gasteiger partial charge in [-0.25, -0.2) is 9.78 Å². The summed E-state index contributed by atoms with van der Waals surface area (Å²) in [5.41, 5.74) is 5.71. The molecule has 0 aliphatic carbocycles. The van der Waals surface area contributed by atoms with Crippen molar-refractivity contribution in [3.8, 4) is 22.4 Å². The van der Waals surface area contributed by atoms with E-state index in [2.05, 4.69) is 47.2 Å². The van der Waals surface area contributed by atoms with Crippen LogP contribution in [-0.2, 0) is 4.74 Å². The van der Waals surface area contributed by atoms with Gasteiger partial charge in [0.2, 0.25) is 0 Å². The number of halogens is 2. The number of aromatic nitrogens is 1. The standard InChI is InChI=1S/C31H24BrClN2O3S/c1-17(2)18-4-6-20(7-5-18)27-15-24(23-14-21(32)10-13-26(23)34-27)29(36)35-30-28(31(37)38-3)25(16-39-30)19-8-11-22(33)12-9-19/h4-17H,1-3H3,(H,35,36). The van der Waals surface area contributed by atoms with Crippen LogP contribution in [0.4, 0.5) is 5.00 Å². The van der Waals surface area contributed by atoms with E-state index in [0.29, 0.717) is 49.2 Å². The van der Waals surface area contributed by atoms with Gasteiger partial charge in [0.1, 0.15) is 10.6 Å². The van der Waals surface area contributed by atoms with Crippen molar-refractivity contribution in [2.45, 2.75) is 19.8 Å². The third-order valence-corrected chi connectivity index (χ3v) is 8.09. The Morgan fingerprint density at radius 1 is 0.974 bits per heavy atom. The topological polar surface area (TPSA) is 68.3 Å². The van der Waals surface area contributed by atoms with Gasteiger partial charge in [-0.3, -0.25) is 4.79 Å². The second-order valence-corrected chi connectivity index (χ2v) is 11.5. The number of esters is 1. The van der Waals surface area contributed by atoms with E-state index in [1.54, 1.807) is 18.2 Å². The van der Waals surface area contributed by atoms with E-state index >= 15 is 0 Å². The van der Waals surface area contributed by atoms with Crippen molar-refractivity contribution in [3.63, 3.8) is 0 Å². The highest BCUT2D eigenvalue weighted by Gasteiger charge is 2.24. The lowest BCUT2D eigenvalue weighted by atomic mass is 9.99. The molecule has 0 atom stereocenters. The predicted octanol–water partition coefficient (Wildman–Crippen LogP) is 9.21.